The van der Waals surface area contributed by atoms with Gasteiger partial charge in [0.15, 0.2) is 0 Å². The summed E-state index contributed by atoms with van der Waals surface area (Å²) in [6.07, 6.45) is 4.25. The van der Waals surface area contributed by atoms with E-state index in [9.17, 15) is 5.26 Å². The molecule has 0 aliphatic carbocycles. The van der Waals surface area contributed by atoms with Crippen molar-refractivity contribution in [2.24, 2.45) is 11.7 Å². The number of nitrogens with zero attached hydrogens (tertiary/aromatic N) is 2. The van der Waals surface area contributed by atoms with E-state index >= 15 is 0 Å². The SMILES string of the molecule is CSc1cccc(N2CCC(C(C)N)CC2)c1C#N. The number of nitriles is 1. The number of hydrogen-bond acceptors (Lipinski definition) is 4. The molecule has 1 saturated heterocycles. The fraction of sp³-hybridized carbons (Fsp3) is 0.533. The molecule has 1 unspecified atom stereocenters. The summed E-state index contributed by atoms with van der Waals surface area (Å²) in [6, 6.07) is 8.75. The highest BCUT2D eigenvalue weighted by Crippen LogP contribution is 2.32. The monoisotopic (exact) mass is 275 g/mol. The van der Waals surface area contributed by atoms with Gasteiger partial charge >= 0.3 is 0 Å². The van der Waals surface area contributed by atoms with Crippen LogP contribution in [0.5, 0.6) is 0 Å². The summed E-state index contributed by atoms with van der Waals surface area (Å²) < 4.78 is 0. The van der Waals surface area contributed by atoms with E-state index in [4.69, 9.17) is 5.73 Å². The normalized spacial score (nSPS) is 18.1. The zero-order valence-electron chi connectivity index (χ0n) is 11.6. The molecule has 0 radical (unpaired) electrons. The summed E-state index contributed by atoms with van der Waals surface area (Å²) in [5.74, 6) is 0.616. The minimum Gasteiger partial charge on any atom is -0.370 e. The highest BCUT2D eigenvalue weighted by atomic mass is 32.2. The van der Waals surface area contributed by atoms with E-state index in [0.717, 1.165) is 42.1 Å². The van der Waals surface area contributed by atoms with Gasteiger partial charge in [-0.15, -0.1) is 11.8 Å². The second-order valence-corrected chi connectivity index (χ2v) is 6.00. The van der Waals surface area contributed by atoms with Crippen molar-refractivity contribution in [3.63, 3.8) is 0 Å². The molecule has 1 aliphatic rings. The zero-order valence-corrected chi connectivity index (χ0v) is 12.4. The first kappa shape index (κ1) is 14.2. The molecule has 1 fully saturated rings. The third kappa shape index (κ3) is 3.05. The molecule has 2 rings (SSSR count). The van der Waals surface area contributed by atoms with Gasteiger partial charge < -0.3 is 10.6 Å². The molecule has 1 aromatic carbocycles. The smallest absolute Gasteiger partial charge is 0.103 e. The highest BCUT2D eigenvalue weighted by molar-refractivity contribution is 7.98. The van der Waals surface area contributed by atoms with E-state index in [1.54, 1.807) is 11.8 Å². The van der Waals surface area contributed by atoms with Crippen LogP contribution in [0, 0.1) is 17.2 Å². The first-order valence-corrected chi connectivity index (χ1v) is 7.97. The summed E-state index contributed by atoms with van der Waals surface area (Å²) in [6.45, 7) is 4.09. The van der Waals surface area contributed by atoms with E-state index in [2.05, 4.69) is 24.0 Å². The molecule has 0 saturated carbocycles. The summed E-state index contributed by atoms with van der Waals surface area (Å²) in [5, 5.41) is 9.39. The average Bonchev–Trinajstić information content (AvgIpc) is 2.46. The molecule has 19 heavy (non-hydrogen) atoms. The Kier molecular flexibility index (Phi) is 4.73. The lowest BCUT2D eigenvalue weighted by molar-refractivity contribution is 0.354. The molecule has 0 aromatic heterocycles. The van der Waals surface area contributed by atoms with E-state index in [1.165, 1.54) is 0 Å². The minimum atomic E-state index is 0.273. The van der Waals surface area contributed by atoms with Gasteiger partial charge in [-0.05, 0) is 44.1 Å². The number of benzene rings is 1. The van der Waals surface area contributed by atoms with Crippen molar-refractivity contribution in [3.8, 4) is 6.07 Å². The fourth-order valence-corrected chi connectivity index (χ4v) is 3.30. The number of hydrogen-bond donors (Lipinski definition) is 1. The standard InChI is InChI=1S/C15H21N3S/c1-11(17)12-6-8-18(9-7-12)14-4-3-5-15(19-2)13(14)10-16/h3-5,11-12H,6-9,17H2,1-2H3. The van der Waals surface area contributed by atoms with Crippen molar-refractivity contribution < 1.29 is 0 Å². The lowest BCUT2D eigenvalue weighted by Gasteiger charge is -2.35. The molecule has 0 bridgehead atoms. The molecule has 2 N–H and O–H groups in total. The third-order valence-electron chi connectivity index (χ3n) is 3.96. The van der Waals surface area contributed by atoms with Crippen LogP contribution in [0.25, 0.3) is 0 Å². The Bertz CT molecular complexity index is 471. The van der Waals surface area contributed by atoms with Crippen LogP contribution in [-0.4, -0.2) is 25.4 Å². The van der Waals surface area contributed by atoms with Gasteiger partial charge in [0.05, 0.1) is 11.3 Å². The predicted octanol–water partition coefficient (Wildman–Crippen LogP) is 2.84. The lowest BCUT2D eigenvalue weighted by atomic mass is 9.90. The number of anilines is 1. The molecule has 102 valence electrons. The molecular weight excluding hydrogens is 254 g/mol. The highest BCUT2D eigenvalue weighted by Gasteiger charge is 2.23. The zero-order chi connectivity index (χ0) is 13.8. The minimum absolute atomic E-state index is 0.273. The Balaban J connectivity index is 2.18. The Hall–Kier alpha value is -1.18. The number of piperidine rings is 1. The van der Waals surface area contributed by atoms with Gasteiger partial charge in [-0.1, -0.05) is 6.07 Å². The Morgan fingerprint density at radius 1 is 1.42 bits per heavy atom. The Morgan fingerprint density at radius 3 is 2.63 bits per heavy atom. The maximum Gasteiger partial charge on any atom is 0.103 e. The molecule has 1 heterocycles. The largest absolute Gasteiger partial charge is 0.370 e. The van der Waals surface area contributed by atoms with Gasteiger partial charge in [0.1, 0.15) is 6.07 Å². The predicted molar refractivity (Wildman–Crippen MR) is 81.5 cm³/mol. The summed E-state index contributed by atoms with van der Waals surface area (Å²) in [4.78, 5) is 3.39. The molecule has 1 atom stereocenters. The first-order chi connectivity index (χ1) is 9.17. The fourth-order valence-electron chi connectivity index (χ4n) is 2.73. The topological polar surface area (TPSA) is 53.0 Å². The molecule has 3 nitrogen and oxygen atoms in total. The van der Waals surface area contributed by atoms with Gasteiger partial charge in [-0.25, -0.2) is 0 Å². The Morgan fingerprint density at radius 2 is 2.11 bits per heavy atom. The maximum atomic E-state index is 9.39. The lowest BCUT2D eigenvalue weighted by Crippen LogP contribution is -2.40. The quantitative estimate of drug-likeness (QED) is 0.862. The molecular formula is C15H21N3S. The van der Waals surface area contributed by atoms with Crippen LogP contribution in [0.1, 0.15) is 25.3 Å². The number of nitrogens with two attached hydrogens (primary N) is 1. The van der Waals surface area contributed by atoms with Crippen LogP contribution < -0.4 is 10.6 Å². The van der Waals surface area contributed by atoms with E-state index in [-0.39, 0.29) is 6.04 Å². The van der Waals surface area contributed by atoms with Crippen LogP contribution in [0.4, 0.5) is 5.69 Å². The van der Waals surface area contributed by atoms with Crippen molar-refractivity contribution in [2.75, 3.05) is 24.2 Å². The second kappa shape index (κ2) is 6.31. The van der Waals surface area contributed by atoms with Gasteiger partial charge in [0, 0.05) is 24.0 Å². The van der Waals surface area contributed by atoms with Gasteiger partial charge in [-0.3, -0.25) is 0 Å². The summed E-state index contributed by atoms with van der Waals surface area (Å²) in [5.41, 5.74) is 7.87. The van der Waals surface area contributed by atoms with Gasteiger partial charge in [0.2, 0.25) is 0 Å². The molecule has 4 heteroatoms. The van der Waals surface area contributed by atoms with Crippen LogP contribution >= 0.6 is 11.8 Å². The van der Waals surface area contributed by atoms with Crippen molar-refractivity contribution in [1.82, 2.24) is 0 Å². The van der Waals surface area contributed by atoms with Crippen LogP contribution in [0.15, 0.2) is 23.1 Å². The van der Waals surface area contributed by atoms with Crippen molar-refractivity contribution >= 4 is 17.4 Å². The van der Waals surface area contributed by atoms with E-state index in [1.807, 2.05) is 18.4 Å². The second-order valence-electron chi connectivity index (χ2n) is 5.15. The van der Waals surface area contributed by atoms with Gasteiger partial charge in [0.25, 0.3) is 0 Å². The molecule has 1 aromatic rings. The van der Waals surface area contributed by atoms with Crippen LogP contribution in [0.3, 0.4) is 0 Å². The van der Waals surface area contributed by atoms with Crippen LogP contribution in [0.2, 0.25) is 0 Å². The van der Waals surface area contributed by atoms with Gasteiger partial charge in [-0.2, -0.15) is 5.26 Å². The van der Waals surface area contributed by atoms with E-state index < -0.39 is 0 Å². The molecule has 1 aliphatic heterocycles. The van der Waals surface area contributed by atoms with Crippen molar-refractivity contribution in [2.45, 2.75) is 30.7 Å². The molecule has 0 spiro atoms. The average molecular weight is 275 g/mol. The first-order valence-electron chi connectivity index (χ1n) is 6.75. The third-order valence-corrected chi connectivity index (χ3v) is 4.74. The number of rotatable bonds is 3. The maximum absolute atomic E-state index is 9.39. The van der Waals surface area contributed by atoms with E-state index in [0.29, 0.717) is 5.92 Å². The van der Waals surface area contributed by atoms with Crippen LogP contribution in [-0.2, 0) is 0 Å². The molecule has 0 amide bonds. The van der Waals surface area contributed by atoms with Crippen molar-refractivity contribution in [1.29, 1.82) is 5.26 Å². The summed E-state index contributed by atoms with van der Waals surface area (Å²) >= 11 is 1.63. The number of thioether (sulfide) groups is 1. The Labute approximate surface area is 119 Å². The summed E-state index contributed by atoms with van der Waals surface area (Å²) in [7, 11) is 0. The van der Waals surface area contributed by atoms with Crippen molar-refractivity contribution in [3.05, 3.63) is 23.8 Å².